The van der Waals surface area contributed by atoms with Gasteiger partial charge in [-0.25, -0.2) is 4.39 Å². The van der Waals surface area contributed by atoms with Gasteiger partial charge in [0.15, 0.2) is 0 Å². The van der Waals surface area contributed by atoms with E-state index in [0.717, 1.165) is 25.3 Å². The van der Waals surface area contributed by atoms with Gasteiger partial charge in [-0.05, 0) is 31.7 Å². The van der Waals surface area contributed by atoms with Crippen LogP contribution in [0.2, 0.25) is 5.02 Å². The smallest absolute Gasteiger partial charge is 0.131 e. The van der Waals surface area contributed by atoms with E-state index in [1.165, 1.54) is 6.07 Å². The Balaban J connectivity index is 2.13. The van der Waals surface area contributed by atoms with Crippen LogP contribution in [-0.2, 0) is 6.42 Å². The third-order valence-electron chi connectivity index (χ3n) is 2.89. The van der Waals surface area contributed by atoms with Crippen molar-refractivity contribution >= 4 is 11.6 Å². The number of aromatic hydroxyl groups is 1. The molecule has 0 bridgehead atoms. The Labute approximate surface area is 92.9 Å². The molecule has 1 fully saturated rings. The number of nitrogens with two attached hydrogens (primary N) is 1. The summed E-state index contributed by atoms with van der Waals surface area (Å²) in [6.07, 6.45) is 3.28. The summed E-state index contributed by atoms with van der Waals surface area (Å²) in [5, 5.41) is 9.38. The highest BCUT2D eigenvalue weighted by molar-refractivity contribution is 6.31. The molecule has 1 aliphatic carbocycles. The van der Waals surface area contributed by atoms with Crippen LogP contribution in [0, 0.1) is 5.82 Å². The van der Waals surface area contributed by atoms with Crippen molar-refractivity contribution in [3.63, 3.8) is 0 Å². The van der Waals surface area contributed by atoms with Crippen molar-refractivity contribution in [2.24, 2.45) is 5.73 Å². The maximum absolute atomic E-state index is 13.4. The molecule has 2 nitrogen and oxygen atoms in total. The van der Waals surface area contributed by atoms with Crippen LogP contribution in [0.5, 0.6) is 5.75 Å². The minimum Gasteiger partial charge on any atom is -0.508 e. The quantitative estimate of drug-likeness (QED) is 0.837. The second-order valence-electron chi connectivity index (χ2n) is 4.25. The van der Waals surface area contributed by atoms with Crippen LogP contribution in [0.25, 0.3) is 0 Å². The van der Waals surface area contributed by atoms with Crippen LogP contribution in [0.15, 0.2) is 12.1 Å². The summed E-state index contributed by atoms with van der Waals surface area (Å²) >= 11 is 5.84. The van der Waals surface area contributed by atoms with E-state index in [9.17, 15) is 4.39 Å². The molecule has 0 atom stereocenters. The van der Waals surface area contributed by atoms with Crippen molar-refractivity contribution in [1.82, 2.24) is 0 Å². The molecule has 2 rings (SSSR count). The molecule has 0 amide bonds. The third kappa shape index (κ3) is 2.41. The van der Waals surface area contributed by atoms with Crippen molar-refractivity contribution in [2.45, 2.75) is 31.2 Å². The highest BCUT2D eigenvalue weighted by Gasteiger charge is 2.37. The van der Waals surface area contributed by atoms with Crippen molar-refractivity contribution < 1.29 is 9.50 Å². The van der Waals surface area contributed by atoms with Gasteiger partial charge in [-0.3, -0.25) is 0 Å². The summed E-state index contributed by atoms with van der Waals surface area (Å²) in [5.74, 6) is -0.598. The second kappa shape index (κ2) is 3.65. The van der Waals surface area contributed by atoms with Crippen LogP contribution < -0.4 is 5.73 Å². The lowest BCUT2D eigenvalue weighted by Gasteiger charge is -2.10. The molecule has 82 valence electrons. The molecule has 1 aliphatic rings. The van der Waals surface area contributed by atoms with Gasteiger partial charge in [-0.15, -0.1) is 0 Å². The molecule has 0 aromatic heterocycles. The standard InChI is InChI=1S/C11H13ClFNO/c12-9-5-7(15)6-10(13)8(9)1-2-11(14)3-4-11/h5-6,15H,1-4,14H2. The number of hydrogen-bond donors (Lipinski definition) is 2. The van der Waals surface area contributed by atoms with E-state index in [-0.39, 0.29) is 16.3 Å². The molecule has 1 aromatic rings. The molecule has 0 unspecified atom stereocenters. The second-order valence-corrected chi connectivity index (χ2v) is 4.66. The Kier molecular flexibility index (Phi) is 2.61. The van der Waals surface area contributed by atoms with Gasteiger partial charge in [-0.1, -0.05) is 11.6 Å². The van der Waals surface area contributed by atoms with Crippen molar-refractivity contribution in [1.29, 1.82) is 0 Å². The van der Waals surface area contributed by atoms with E-state index in [1.54, 1.807) is 0 Å². The third-order valence-corrected chi connectivity index (χ3v) is 3.23. The maximum atomic E-state index is 13.4. The van der Waals surface area contributed by atoms with Crippen LogP contribution in [-0.4, -0.2) is 10.6 Å². The topological polar surface area (TPSA) is 46.2 Å². The fourth-order valence-corrected chi connectivity index (χ4v) is 1.91. The van der Waals surface area contributed by atoms with E-state index in [2.05, 4.69) is 0 Å². The van der Waals surface area contributed by atoms with Gasteiger partial charge >= 0.3 is 0 Å². The highest BCUT2D eigenvalue weighted by Crippen LogP contribution is 2.37. The van der Waals surface area contributed by atoms with Crippen LogP contribution in [0.4, 0.5) is 4.39 Å². The first-order valence-corrected chi connectivity index (χ1v) is 5.34. The molecular weight excluding hydrogens is 217 g/mol. The predicted octanol–water partition coefficient (Wildman–Crippen LogP) is 2.61. The minimum atomic E-state index is -0.454. The average Bonchev–Trinajstić information content (AvgIpc) is 2.82. The zero-order chi connectivity index (χ0) is 11.1. The van der Waals surface area contributed by atoms with E-state index >= 15 is 0 Å². The van der Waals surface area contributed by atoms with Gasteiger partial charge in [0.05, 0.1) is 5.02 Å². The van der Waals surface area contributed by atoms with Gasteiger partial charge in [0.2, 0.25) is 0 Å². The maximum Gasteiger partial charge on any atom is 0.131 e. The lowest BCUT2D eigenvalue weighted by atomic mass is 10.0. The largest absolute Gasteiger partial charge is 0.508 e. The van der Waals surface area contributed by atoms with E-state index in [1.807, 2.05) is 0 Å². The number of rotatable bonds is 3. The number of phenolic OH excluding ortho intramolecular Hbond substituents is 1. The van der Waals surface area contributed by atoms with Gasteiger partial charge in [0.25, 0.3) is 0 Å². The SMILES string of the molecule is NC1(CCc2c(F)cc(O)cc2Cl)CC1. The lowest BCUT2D eigenvalue weighted by Crippen LogP contribution is -2.22. The monoisotopic (exact) mass is 229 g/mol. The Morgan fingerprint density at radius 3 is 2.67 bits per heavy atom. The normalized spacial score (nSPS) is 17.8. The zero-order valence-electron chi connectivity index (χ0n) is 8.26. The molecule has 1 saturated carbocycles. The number of phenols is 1. The molecule has 3 N–H and O–H groups in total. The van der Waals surface area contributed by atoms with Crippen molar-refractivity contribution in [3.8, 4) is 5.75 Å². The molecule has 4 heteroatoms. The van der Waals surface area contributed by atoms with Crippen LogP contribution in [0.1, 0.15) is 24.8 Å². The van der Waals surface area contributed by atoms with E-state index < -0.39 is 5.82 Å². The van der Waals surface area contributed by atoms with Crippen LogP contribution in [0.3, 0.4) is 0 Å². The summed E-state index contributed by atoms with van der Waals surface area (Å²) in [5.41, 5.74) is 6.26. The Bertz CT molecular complexity index is 367. The average molecular weight is 230 g/mol. The summed E-state index contributed by atoms with van der Waals surface area (Å²) < 4.78 is 13.4. The highest BCUT2D eigenvalue weighted by atomic mass is 35.5. The minimum absolute atomic E-state index is 0.104. The zero-order valence-corrected chi connectivity index (χ0v) is 9.02. The number of hydrogen-bond acceptors (Lipinski definition) is 2. The summed E-state index contributed by atoms with van der Waals surface area (Å²) in [7, 11) is 0. The van der Waals surface area contributed by atoms with Gasteiger partial charge in [0.1, 0.15) is 11.6 Å². The molecule has 0 heterocycles. The number of benzene rings is 1. The molecule has 1 aromatic carbocycles. The molecule has 0 spiro atoms. The summed E-state index contributed by atoms with van der Waals surface area (Å²) in [6, 6.07) is 2.44. The summed E-state index contributed by atoms with van der Waals surface area (Å²) in [6.45, 7) is 0. The number of halogens is 2. The van der Waals surface area contributed by atoms with E-state index in [0.29, 0.717) is 12.0 Å². The first-order valence-electron chi connectivity index (χ1n) is 4.96. The molecule has 0 radical (unpaired) electrons. The Morgan fingerprint density at radius 1 is 1.47 bits per heavy atom. The van der Waals surface area contributed by atoms with Crippen molar-refractivity contribution in [2.75, 3.05) is 0 Å². The van der Waals surface area contributed by atoms with Gasteiger partial charge < -0.3 is 10.8 Å². The predicted molar refractivity (Wildman–Crippen MR) is 57.5 cm³/mol. The fraction of sp³-hybridized carbons (Fsp3) is 0.455. The Morgan fingerprint density at radius 2 is 2.13 bits per heavy atom. The summed E-state index contributed by atoms with van der Waals surface area (Å²) in [4.78, 5) is 0. The Hall–Kier alpha value is -0.800. The molecule has 15 heavy (non-hydrogen) atoms. The van der Waals surface area contributed by atoms with E-state index in [4.69, 9.17) is 22.4 Å². The lowest BCUT2D eigenvalue weighted by molar-refractivity contribution is 0.467. The van der Waals surface area contributed by atoms with Gasteiger partial charge in [0, 0.05) is 17.2 Å². The molecule has 0 saturated heterocycles. The first-order chi connectivity index (χ1) is 7.00. The van der Waals surface area contributed by atoms with Crippen LogP contribution >= 0.6 is 11.6 Å². The first kappa shape index (κ1) is 10.7. The fourth-order valence-electron chi connectivity index (χ4n) is 1.61. The van der Waals surface area contributed by atoms with Gasteiger partial charge in [-0.2, -0.15) is 0 Å². The molecule has 0 aliphatic heterocycles. The molecular formula is C11H13ClFNO. The van der Waals surface area contributed by atoms with Crippen molar-refractivity contribution in [3.05, 3.63) is 28.5 Å².